The number of benzene rings is 1. The lowest BCUT2D eigenvalue weighted by atomic mass is 10.0. The second-order valence-corrected chi connectivity index (χ2v) is 7.74. The fraction of sp³-hybridized carbons (Fsp3) is 0.318. The molecule has 0 aliphatic carbocycles. The molecule has 162 valence electrons. The van der Waals surface area contributed by atoms with Gasteiger partial charge in [-0.2, -0.15) is 0 Å². The summed E-state index contributed by atoms with van der Waals surface area (Å²) >= 11 is 5.78. The van der Waals surface area contributed by atoms with Crippen LogP contribution in [0.5, 0.6) is 0 Å². The van der Waals surface area contributed by atoms with Crippen molar-refractivity contribution in [2.75, 3.05) is 25.1 Å². The molecule has 4 rings (SSSR count). The van der Waals surface area contributed by atoms with Crippen LogP contribution in [0.4, 0.5) is 10.3 Å². The first-order chi connectivity index (χ1) is 15.0. The Labute approximate surface area is 183 Å². The van der Waals surface area contributed by atoms with Crippen molar-refractivity contribution < 1.29 is 14.2 Å². The summed E-state index contributed by atoms with van der Waals surface area (Å²) in [6, 6.07) is 9.00. The summed E-state index contributed by atoms with van der Waals surface area (Å²) in [5.41, 5.74) is 1.51. The maximum absolute atomic E-state index is 14.0. The minimum Gasteiger partial charge on any atom is -0.396 e. The SMILES string of the molecule is O=c1cc(-c2ccnc(N[C@H]3CCOC3)n2)ccn1[C@H](CCO)c1ccc(Cl)c(F)c1. The van der Waals surface area contributed by atoms with Crippen LogP contribution in [0.3, 0.4) is 0 Å². The maximum atomic E-state index is 14.0. The second-order valence-electron chi connectivity index (χ2n) is 7.33. The first-order valence-corrected chi connectivity index (χ1v) is 10.4. The monoisotopic (exact) mass is 444 g/mol. The lowest BCUT2D eigenvalue weighted by Crippen LogP contribution is -2.25. The van der Waals surface area contributed by atoms with E-state index in [4.69, 9.17) is 16.3 Å². The Morgan fingerprint density at radius 1 is 1.32 bits per heavy atom. The second kappa shape index (κ2) is 9.55. The molecule has 1 aliphatic heterocycles. The molecule has 0 radical (unpaired) electrons. The van der Waals surface area contributed by atoms with Crippen molar-refractivity contribution in [3.8, 4) is 11.3 Å². The zero-order chi connectivity index (χ0) is 21.8. The molecule has 1 saturated heterocycles. The zero-order valence-electron chi connectivity index (χ0n) is 16.7. The third kappa shape index (κ3) is 4.92. The van der Waals surface area contributed by atoms with Gasteiger partial charge >= 0.3 is 0 Å². The van der Waals surface area contributed by atoms with Crippen LogP contribution < -0.4 is 10.9 Å². The van der Waals surface area contributed by atoms with Crippen LogP contribution in [0.15, 0.2) is 53.6 Å². The number of aromatic nitrogens is 3. The molecule has 7 nitrogen and oxygen atoms in total. The molecule has 1 fully saturated rings. The van der Waals surface area contributed by atoms with E-state index in [0.717, 1.165) is 6.42 Å². The van der Waals surface area contributed by atoms with Gasteiger partial charge < -0.3 is 19.7 Å². The minimum absolute atomic E-state index is 0.00605. The summed E-state index contributed by atoms with van der Waals surface area (Å²) in [5, 5.41) is 12.7. The van der Waals surface area contributed by atoms with Gasteiger partial charge in [0.05, 0.1) is 29.4 Å². The maximum Gasteiger partial charge on any atom is 0.251 e. The molecule has 31 heavy (non-hydrogen) atoms. The van der Waals surface area contributed by atoms with Crippen LogP contribution in [-0.4, -0.2) is 45.5 Å². The van der Waals surface area contributed by atoms with Gasteiger partial charge in [-0.05, 0) is 42.7 Å². The van der Waals surface area contributed by atoms with E-state index in [0.29, 0.717) is 36.0 Å². The molecule has 2 atom stereocenters. The summed E-state index contributed by atoms with van der Waals surface area (Å²) in [7, 11) is 0. The van der Waals surface area contributed by atoms with Crippen molar-refractivity contribution in [2.45, 2.75) is 24.9 Å². The summed E-state index contributed by atoms with van der Waals surface area (Å²) in [6.45, 7) is 1.16. The van der Waals surface area contributed by atoms with Crippen LogP contribution >= 0.6 is 11.6 Å². The Kier molecular flexibility index (Phi) is 6.60. The number of pyridine rings is 1. The van der Waals surface area contributed by atoms with E-state index in [1.165, 1.54) is 22.8 Å². The van der Waals surface area contributed by atoms with E-state index in [-0.39, 0.29) is 29.7 Å². The molecular formula is C22H22ClFN4O3. The van der Waals surface area contributed by atoms with Crippen molar-refractivity contribution in [1.29, 1.82) is 0 Å². The molecule has 0 saturated carbocycles. The fourth-order valence-electron chi connectivity index (χ4n) is 3.63. The lowest BCUT2D eigenvalue weighted by molar-refractivity contribution is 0.195. The van der Waals surface area contributed by atoms with Crippen LogP contribution in [0.1, 0.15) is 24.4 Å². The van der Waals surface area contributed by atoms with Gasteiger partial charge in [0.15, 0.2) is 0 Å². The number of rotatable bonds is 7. The molecule has 3 aromatic rings. The number of ether oxygens (including phenoxy) is 1. The standard InChI is InChI=1S/C22H22ClFN4O3/c23-17-2-1-15(11-18(17)24)20(5-9-29)28-8-4-14(12-21(28)30)19-3-7-25-22(27-19)26-16-6-10-31-13-16/h1-4,7-8,11-12,16,20,29H,5-6,9-10,13H2,(H,25,26,27)/t16-,20+/m0/s1. The Morgan fingerprint density at radius 2 is 2.19 bits per heavy atom. The summed E-state index contributed by atoms with van der Waals surface area (Å²) < 4.78 is 20.8. The van der Waals surface area contributed by atoms with Crippen molar-refractivity contribution in [3.05, 3.63) is 75.5 Å². The molecular weight excluding hydrogens is 423 g/mol. The van der Waals surface area contributed by atoms with E-state index in [1.54, 1.807) is 30.6 Å². The third-order valence-corrected chi connectivity index (χ3v) is 5.54. The highest BCUT2D eigenvalue weighted by Gasteiger charge is 2.18. The van der Waals surface area contributed by atoms with E-state index < -0.39 is 11.9 Å². The fourth-order valence-corrected chi connectivity index (χ4v) is 3.75. The Morgan fingerprint density at radius 3 is 2.90 bits per heavy atom. The van der Waals surface area contributed by atoms with E-state index in [1.807, 2.05) is 0 Å². The largest absolute Gasteiger partial charge is 0.396 e. The van der Waals surface area contributed by atoms with Crippen molar-refractivity contribution in [1.82, 2.24) is 14.5 Å². The predicted octanol–water partition coefficient (Wildman–Crippen LogP) is 3.27. The smallest absolute Gasteiger partial charge is 0.251 e. The third-order valence-electron chi connectivity index (χ3n) is 5.23. The first-order valence-electron chi connectivity index (χ1n) is 10.0. The van der Waals surface area contributed by atoms with Gasteiger partial charge in [-0.15, -0.1) is 0 Å². The minimum atomic E-state index is -0.569. The van der Waals surface area contributed by atoms with Gasteiger partial charge in [0.2, 0.25) is 5.95 Å². The summed E-state index contributed by atoms with van der Waals surface area (Å²) in [4.78, 5) is 21.7. The molecule has 0 amide bonds. The molecule has 3 heterocycles. The number of nitrogens with one attached hydrogen (secondary N) is 1. The van der Waals surface area contributed by atoms with E-state index >= 15 is 0 Å². The highest BCUT2D eigenvalue weighted by atomic mass is 35.5. The van der Waals surface area contributed by atoms with Gasteiger partial charge in [0, 0.05) is 37.2 Å². The summed E-state index contributed by atoms with van der Waals surface area (Å²) in [5.74, 6) is -0.0903. The van der Waals surface area contributed by atoms with Gasteiger partial charge in [0.25, 0.3) is 5.56 Å². The number of nitrogens with zero attached hydrogens (tertiary/aromatic N) is 3. The number of aliphatic hydroxyl groups is 1. The number of hydrogen-bond donors (Lipinski definition) is 2. The van der Waals surface area contributed by atoms with Crippen LogP contribution in [0, 0.1) is 5.82 Å². The molecule has 0 unspecified atom stereocenters. The first kappa shape index (κ1) is 21.4. The molecule has 1 aliphatic rings. The van der Waals surface area contributed by atoms with Crippen LogP contribution in [0.2, 0.25) is 5.02 Å². The molecule has 9 heteroatoms. The van der Waals surface area contributed by atoms with E-state index in [9.17, 15) is 14.3 Å². The zero-order valence-corrected chi connectivity index (χ0v) is 17.4. The van der Waals surface area contributed by atoms with E-state index in [2.05, 4.69) is 15.3 Å². The number of hydrogen-bond acceptors (Lipinski definition) is 6. The van der Waals surface area contributed by atoms with Crippen molar-refractivity contribution in [2.24, 2.45) is 0 Å². The molecule has 0 bridgehead atoms. The number of halogens is 2. The molecule has 0 spiro atoms. The average Bonchev–Trinajstić information content (AvgIpc) is 3.27. The normalized spacial score (nSPS) is 16.9. The Balaban J connectivity index is 1.62. The number of aliphatic hydroxyl groups excluding tert-OH is 1. The van der Waals surface area contributed by atoms with Crippen LogP contribution in [0.25, 0.3) is 11.3 Å². The van der Waals surface area contributed by atoms with Crippen molar-refractivity contribution >= 4 is 17.5 Å². The highest BCUT2D eigenvalue weighted by molar-refractivity contribution is 6.30. The molecule has 2 N–H and O–H groups in total. The van der Waals surface area contributed by atoms with Crippen molar-refractivity contribution in [3.63, 3.8) is 0 Å². The average molecular weight is 445 g/mol. The number of anilines is 1. The Bertz CT molecular complexity index is 1120. The Hall–Kier alpha value is -2.81. The predicted molar refractivity (Wildman–Crippen MR) is 116 cm³/mol. The summed E-state index contributed by atoms with van der Waals surface area (Å²) in [6.07, 6.45) is 4.41. The molecule has 2 aromatic heterocycles. The lowest BCUT2D eigenvalue weighted by Gasteiger charge is -2.20. The highest BCUT2D eigenvalue weighted by Crippen LogP contribution is 2.25. The van der Waals surface area contributed by atoms with Gasteiger partial charge in [0.1, 0.15) is 5.82 Å². The molecule has 1 aromatic carbocycles. The van der Waals surface area contributed by atoms with Crippen LogP contribution in [-0.2, 0) is 4.74 Å². The quantitative estimate of drug-likeness (QED) is 0.581. The van der Waals surface area contributed by atoms with Gasteiger partial charge in [-0.3, -0.25) is 4.79 Å². The van der Waals surface area contributed by atoms with Gasteiger partial charge in [-0.1, -0.05) is 17.7 Å². The topological polar surface area (TPSA) is 89.3 Å². The van der Waals surface area contributed by atoms with Gasteiger partial charge in [-0.25, -0.2) is 14.4 Å².